The highest BCUT2D eigenvalue weighted by molar-refractivity contribution is 5.75. The number of carbonyl (C=O) groups excluding carboxylic acids is 1. The van der Waals surface area contributed by atoms with Crippen molar-refractivity contribution in [3.05, 3.63) is 66.2 Å². The molecule has 2 N–H and O–H groups in total. The number of nitrogens with zero attached hydrogens (tertiary/aromatic N) is 4. The van der Waals surface area contributed by atoms with Gasteiger partial charge in [0.1, 0.15) is 5.82 Å². The van der Waals surface area contributed by atoms with Crippen molar-refractivity contribution in [1.29, 1.82) is 0 Å². The summed E-state index contributed by atoms with van der Waals surface area (Å²) in [5.74, 6) is 1.35. The third kappa shape index (κ3) is 3.42. The van der Waals surface area contributed by atoms with Crippen molar-refractivity contribution in [3.63, 3.8) is 0 Å². The van der Waals surface area contributed by atoms with Gasteiger partial charge in [0, 0.05) is 31.0 Å². The van der Waals surface area contributed by atoms with Gasteiger partial charge in [0.2, 0.25) is 0 Å². The van der Waals surface area contributed by atoms with E-state index < -0.39 is 0 Å². The molecule has 1 aliphatic heterocycles. The zero-order valence-electron chi connectivity index (χ0n) is 14.3. The molecule has 3 aromatic rings. The molecule has 1 aromatic carbocycles. The molecule has 1 atom stereocenters. The molecular formula is C19H20N6O. The van der Waals surface area contributed by atoms with Crippen molar-refractivity contribution in [3.8, 4) is 11.4 Å². The Morgan fingerprint density at radius 3 is 2.81 bits per heavy atom. The lowest BCUT2D eigenvalue weighted by molar-refractivity contribution is 0.190. The van der Waals surface area contributed by atoms with E-state index in [1.54, 1.807) is 12.4 Å². The van der Waals surface area contributed by atoms with Crippen LogP contribution in [0.25, 0.3) is 11.4 Å². The van der Waals surface area contributed by atoms with Crippen LogP contribution in [-0.2, 0) is 6.54 Å². The number of carbonyl (C=O) groups is 1. The molecule has 0 spiro atoms. The highest BCUT2D eigenvalue weighted by atomic mass is 16.2. The molecule has 7 nitrogen and oxygen atoms in total. The van der Waals surface area contributed by atoms with Crippen molar-refractivity contribution in [2.24, 2.45) is 0 Å². The lowest BCUT2D eigenvalue weighted by Crippen LogP contribution is -2.39. The van der Waals surface area contributed by atoms with Gasteiger partial charge in [-0.25, -0.2) is 9.78 Å². The van der Waals surface area contributed by atoms with Crippen molar-refractivity contribution < 1.29 is 4.79 Å². The Bertz CT molecular complexity index is 864. The fraction of sp³-hybridized carbons (Fsp3) is 0.263. The van der Waals surface area contributed by atoms with Gasteiger partial charge in [-0.2, -0.15) is 5.10 Å². The molecule has 0 saturated carbocycles. The Balaban J connectivity index is 1.45. The number of aromatic amines is 1. The molecule has 1 aliphatic rings. The number of rotatable bonds is 4. The van der Waals surface area contributed by atoms with Crippen LogP contribution in [0.2, 0.25) is 0 Å². The van der Waals surface area contributed by atoms with Crippen LogP contribution in [0, 0.1) is 0 Å². The van der Waals surface area contributed by atoms with E-state index in [0.29, 0.717) is 12.4 Å². The zero-order chi connectivity index (χ0) is 17.8. The van der Waals surface area contributed by atoms with E-state index in [2.05, 4.69) is 25.5 Å². The zero-order valence-corrected chi connectivity index (χ0v) is 14.3. The highest BCUT2D eigenvalue weighted by Crippen LogP contribution is 2.30. The molecule has 1 fully saturated rings. The first-order chi connectivity index (χ1) is 12.8. The van der Waals surface area contributed by atoms with E-state index in [4.69, 9.17) is 0 Å². The number of hydrogen-bond acceptors (Lipinski definition) is 4. The number of aromatic nitrogens is 4. The maximum Gasteiger partial charge on any atom is 0.318 e. The van der Waals surface area contributed by atoms with E-state index >= 15 is 0 Å². The number of pyridine rings is 1. The number of benzene rings is 1. The molecule has 26 heavy (non-hydrogen) atoms. The van der Waals surface area contributed by atoms with Crippen LogP contribution in [-0.4, -0.2) is 37.6 Å². The molecule has 0 bridgehead atoms. The number of hydrogen-bond donors (Lipinski definition) is 2. The van der Waals surface area contributed by atoms with Gasteiger partial charge < -0.3 is 10.2 Å². The first kappa shape index (κ1) is 16.3. The van der Waals surface area contributed by atoms with E-state index in [9.17, 15) is 4.79 Å². The lowest BCUT2D eigenvalue weighted by Gasteiger charge is -2.23. The van der Waals surface area contributed by atoms with Crippen LogP contribution in [0.15, 0.2) is 54.9 Å². The topological polar surface area (TPSA) is 86.8 Å². The molecule has 0 unspecified atom stereocenters. The van der Waals surface area contributed by atoms with E-state index in [0.717, 1.165) is 36.3 Å². The summed E-state index contributed by atoms with van der Waals surface area (Å²) in [6, 6.07) is 13.5. The molecular weight excluding hydrogens is 328 g/mol. The molecule has 3 heterocycles. The average Bonchev–Trinajstić information content (AvgIpc) is 3.37. The Morgan fingerprint density at radius 2 is 2.00 bits per heavy atom. The van der Waals surface area contributed by atoms with Crippen molar-refractivity contribution in [1.82, 2.24) is 30.4 Å². The van der Waals surface area contributed by atoms with Gasteiger partial charge in [-0.05, 0) is 30.5 Å². The van der Waals surface area contributed by atoms with Gasteiger partial charge in [-0.3, -0.25) is 10.1 Å². The molecule has 7 heteroatoms. The monoisotopic (exact) mass is 348 g/mol. The molecule has 0 radical (unpaired) electrons. The summed E-state index contributed by atoms with van der Waals surface area (Å²) in [4.78, 5) is 23.1. The number of likely N-dealkylation sites (tertiary alicyclic amines) is 1. The number of urea groups is 1. The van der Waals surface area contributed by atoms with E-state index in [1.807, 2.05) is 47.4 Å². The molecule has 1 saturated heterocycles. The van der Waals surface area contributed by atoms with Gasteiger partial charge in [0.25, 0.3) is 0 Å². The van der Waals surface area contributed by atoms with Crippen LogP contribution in [0.4, 0.5) is 4.79 Å². The van der Waals surface area contributed by atoms with Crippen LogP contribution >= 0.6 is 0 Å². The highest BCUT2D eigenvalue weighted by Gasteiger charge is 2.32. The third-order valence-electron chi connectivity index (χ3n) is 4.56. The Labute approximate surface area is 151 Å². The maximum atomic E-state index is 12.6. The Kier molecular flexibility index (Phi) is 4.59. The average molecular weight is 348 g/mol. The quantitative estimate of drug-likeness (QED) is 0.759. The largest absolute Gasteiger partial charge is 0.334 e. The standard InChI is InChI=1S/C19H20N6O/c26-19(21-13-14-5-2-1-3-6-14)25-12-4-7-16(25)18-22-17(23-24-18)15-8-10-20-11-9-15/h1-3,5-6,8-11,16H,4,7,12-13H2,(H,21,26)(H,22,23,24)/t16-/m1/s1. The molecule has 132 valence electrons. The normalized spacial score (nSPS) is 16.6. The fourth-order valence-electron chi connectivity index (χ4n) is 3.22. The summed E-state index contributed by atoms with van der Waals surface area (Å²) in [5, 5.41) is 10.3. The van der Waals surface area contributed by atoms with Crippen LogP contribution < -0.4 is 5.32 Å². The SMILES string of the molecule is O=C(NCc1ccccc1)N1CCC[C@@H]1c1nc(-c2ccncc2)n[nH]1. The maximum absolute atomic E-state index is 12.6. The first-order valence-electron chi connectivity index (χ1n) is 8.72. The molecule has 0 aliphatic carbocycles. The summed E-state index contributed by atoms with van der Waals surface area (Å²) >= 11 is 0. The summed E-state index contributed by atoms with van der Waals surface area (Å²) in [5.41, 5.74) is 1.98. The van der Waals surface area contributed by atoms with Crippen molar-refractivity contribution >= 4 is 6.03 Å². The van der Waals surface area contributed by atoms with Crippen LogP contribution in [0.3, 0.4) is 0 Å². The summed E-state index contributed by atoms with van der Waals surface area (Å²) in [7, 11) is 0. The second-order valence-corrected chi connectivity index (χ2v) is 6.28. The minimum atomic E-state index is -0.0751. The molecule has 2 aromatic heterocycles. The van der Waals surface area contributed by atoms with E-state index in [-0.39, 0.29) is 12.1 Å². The second-order valence-electron chi connectivity index (χ2n) is 6.28. The van der Waals surface area contributed by atoms with Gasteiger partial charge in [0.15, 0.2) is 5.82 Å². The smallest absolute Gasteiger partial charge is 0.318 e. The first-order valence-corrected chi connectivity index (χ1v) is 8.72. The van der Waals surface area contributed by atoms with Gasteiger partial charge in [-0.1, -0.05) is 30.3 Å². The summed E-state index contributed by atoms with van der Waals surface area (Å²) in [6.45, 7) is 1.23. The Hall–Kier alpha value is -3.22. The van der Waals surface area contributed by atoms with Crippen molar-refractivity contribution in [2.45, 2.75) is 25.4 Å². The van der Waals surface area contributed by atoms with Crippen molar-refractivity contribution in [2.75, 3.05) is 6.54 Å². The Morgan fingerprint density at radius 1 is 1.19 bits per heavy atom. The van der Waals surface area contributed by atoms with Crippen LogP contribution in [0.5, 0.6) is 0 Å². The predicted octanol–water partition coefficient (Wildman–Crippen LogP) is 2.91. The minimum absolute atomic E-state index is 0.0711. The summed E-state index contributed by atoms with van der Waals surface area (Å²) < 4.78 is 0. The van der Waals surface area contributed by atoms with Gasteiger partial charge in [0.05, 0.1) is 6.04 Å². The fourth-order valence-corrected chi connectivity index (χ4v) is 3.22. The molecule has 4 rings (SSSR count). The number of H-pyrrole nitrogens is 1. The predicted molar refractivity (Wildman–Crippen MR) is 97.0 cm³/mol. The van der Waals surface area contributed by atoms with Gasteiger partial charge >= 0.3 is 6.03 Å². The lowest BCUT2D eigenvalue weighted by atomic mass is 10.2. The number of amides is 2. The van der Waals surface area contributed by atoms with Crippen LogP contribution in [0.1, 0.15) is 30.3 Å². The summed E-state index contributed by atoms with van der Waals surface area (Å²) in [6.07, 6.45) is 5.26. The molecule has 2 amide bonds. The van der Waals surface area contributed by atoms with Gasteiger partial charge in [-0.15, -0.1) is 0 Å². The van der Waals surface area contributed by atoms with E-state index in [1.165, 1.54) is 0 Å². The number of nitrogens with one attached hydrogen (secondary N) is 2. The third-order valence-corrected chi connectivity index (χ3v) is 4.56. The minimum Gasteiger partial charge on any atom is -0.334 e. The second kappa shape index (κ2) is 7.35.